The first-order chi connectivity index (χ1) is 18.1. The molecule has 3 heterocycles. The lowest BCUT2D eigenvalue weighted by atomic mass is 9.96. The Morgan fingerprint density at radius 1 is 0.526 bits per heavy atom. The van der Waals surface area contributed by atoms with Crippen molar-refractivity contribution in [2.75, 3.05) is 33.0 Å². The van der Waals surface area contributed by atoms with Crippen LogP contribution in [-0.2, 0) is 28.4 Å². The topological polar surface area (TPSA) is 284 Å². The first-order valence-corrected chi connectivity index (χ1v) is 12.3. The molecule has 3 saturated heterocycles. The predicted molar refractivity (Wildman–Crippen MR) is 119 cm³/mol. The third kappa shape index (κ3) is 6.78. The number of aliphatic hydroxyl groups is 10. The molecule has 3 rings (SSSR count). The molecule has 0 aromatic carbocycles. The zero-order valence-electron chi connectivity index (χ0n) is 20.4. The number of ether oxygens (including phenoxy) is 6. The fraction of sp³-hybridized carbons (Fsp3) is 1.00. The molecule has 0 bridgehead atoms. The van der Waals surface area contributed by atoms with E-state index in [0.29, 0.717) is 13.0 Å². The van der Waals surface area contributed by atoms with Crippen LogP contribution in [0.2, 0.25) is 0 Å². The molecule has 224 valence electrons. The molecule has 15 atom stereocenters. The van der Waals surface area contributed by atoms with E-state index in [1.807, 2.05) is 0 Å². The smallest absolute Gasteiger partial charge is 0.187 e. The minimum absolute atomic E-state index is 0.110. The van der Waals surface area contributed by atoms with Crippen molar-refractivity contribution in [3.63, 3.8) is 0 Å². The lowest BCUT2D eigenvalue weighted by Crippen LogP contribution is -2.66. The van der Waals surface area contributed by atoms with Crippen LogP contribution < -0.4 is 5.73 Å². The summed E-state index contributed by atoms with van der Waals surface area (Å²) in [6, 6.07) is 0. The average molecular weight is 562 g/mol. The highest BCUT2D eigenvalue weighted by Gasteiger charge is 2.53. The van der Waals surface area contributed by atoms with Crippen molar-refractivity contribution in [3.8, 4) is 0 Å². The van der Waals surface area contributed by atoms with Crippen molar-refractivity contribution in [2.45, 2.75) is 98.5 Å². The van der Waals surface area contributed by atoms with E-state index in [1.54, 1.807) is 0 Å². The van der Waals surface area contributed by atoms with Gasteiger partial charge in [0.1, 0.15) is 73.2 Å². The first-order valence-electron chi connectivity index (χ1n) is 12.3. The Hall–Kier alpha value is -0.680. The maximum Gasteiger partial charge on any atom is 0.187 e. The van der Waals surface area contributed by atoms with Gasteiger partial charge < -0.3 is 85.2 Å². The quantitative estimate of drug-likeness (QED) is 0.104. The summed E-state index contributed by atoms with van der Waals surface area (Å²) in [6.45, 7) is -1.81. The Morgan fingerprint density at radius 2 is 0.947 bits per heavy atom. The Balaban J connectivity index is 1.68. The standard InChI is InChI=1S/C21H39NO16/c22-2-1-3-33-19-15(31)12(28)17(8(5-24)35-19)38-21-16(32)13(29)18(9(6-25)36-21)37-20-14(30)11(27)10(26)7(4-23)34-20/h7-21,23-32H,1-6,22H2/t7-,8-,9-,10+,11+,12-,13-,14-,15-,16-,17-,18+,19-,20-,21+/m1/s1. The van der Waals surface area contributed by atoms with Crippen molar-refractivity contribution in [3.05, 3.63) is 0 Å². The lowest BCUT2D eigenvalue weighted by Gasteiger charge is -2.48. The predicted octanol–water partition coefficient (Wildman–Crippen LogP) is -7.20. The maximum absolute atomic E-state index is 10.7. The van der Waals surface area contributed by atoms with Gasteiger partial charge in [-0.1, -0.05) is 0 Å². The van der Waals surface area contributed by atoms with E-state index in [9.17, 15) is 51.1 Å². The summed E-state index contributed by atoms with van der Waals surface area (Å²) >= 11 is 0. The van der Waals surface area contributed by atoms with Gasteiger partial charge in [0.05, 0.1) is 26.4 Å². The lowest BCUT2D eigenvalue weighted by molar-refractivity contribution is -0.379. The molecule has 0 aromatic rings. The number of hydrogen-bond donors (Lipinski definition) is 11. The molecule has 3 fully saturated rings. The maximum atomic E-state index is 10.7. The molecule has 0 aliphatic carbocycles. The van der Waals surface area contributed by atoms with Crippen LogP contribution >= 0.6 is 0 Å². The van der Waals surface area contributed by atoms with E-state index < -0.39 is 112 Å². The van der Waals surface area contributed by atoms with Gasteiger partial charge in [-0.15, -0.1) is 0 Å². The fourth-order valence-electron chi connectivity index (χ4n) is 4.46. The van der Waals surface area contributed by atoms with Crippen molar-refractivity contribution < 1.29 is 79.5 Å². The van der Waals surface area contributed by atoms with Gasteiger partial charge in [0.25, 0.3) is 0 Å². The number of hydrogen-bond acceptors (Lipinski definition) is 17. The molecule has 0 spiro atoms. The van der Waals surface area contributed by atoms with Crippen molar-refractivity contribution in [1.29, 1.82) is 0 Å². The molecule has 38 heavy (non-hydrogen) atoms. The summed E-state index contributed by atoms with van der Waals surface area (Å²) in [4.78, 5) is 0. The largest absolute Gasteiger partial charge is 0.394 e. The molecular weight excluding hydrogens is 522 g/mol. The Kier molecular flexibility index (Phi) is 12.0. The highest BCUT2D eigenvalue weighted by atomic mass is 16.8. The first kappa shape index (κ1) is 31.8. The summed E-state index contributed by atoms with van der Waals surface area (Å²) in [7, 11) is 0. The van der Waals surface area contributed by atoms with E-state index >= 15 is 0 Å². The van der Waals surface area contributed by atoms with Gasteiger partial charge in [-0.3, -0.25) is 0 Å². The van der Waals surface area contributed by atoms with Gasteiger partial charge in [0.15, 0.2) is 18.9 Å². The highest BCUT2D eigenvalue weighted by molar-refractivity contribution is 4.96. The molecule has 0 saturated carbocycles. The van der Waals surface area contributed by atoms with Crippen LogP contribution in [0.3, 0.4) is 0 Å². The molecule has 3 aliphatic rings. The summed E-state index contributed by atoms with van der Waals surface area (Å²) in [5.41, 5.74) is 5.40. The zero-order valence-corrected chi connectivity index (χ0v) is 20.4. The van der Waals surface area contributed by atoms with Gasteiger partial charge >= 0.3 is 0 Å². The second-order valence-electron chi connectivity index (χ2n) is 9.33. The third-order valence-electron chi connectivity index (χ3n) is 6.70. The summed E-state index contributed by atoms with van der Waals surface area (Å²) < 4.78 is 32.6. The Morgan fingerprint density at radius 3 is 1.42 bits per heavy atom. The van der Waals surface area contributed by atoms with Crippen molar-refractivity contribution in [2.24, 2.45) is 5.73 Å². The molecule has 12 N–H and O–H groups in total. The van der Waals surface area contributed by atoms with Crippen LogP contribution in [0.15, 0.2) is 0 Å². The van der Waals surface area contributed by atoms with Crippen LogP contribution in [0.25, 0.3) is 0 Å². The highest BCUT2D eigenvalue weighted by Crippen LogP contribution is 2.32. The molecule has 0 aromatic heterocycles. The zero-order chi connectivity index (χ0) is 28.1. The van der Waals surface area contributed by atoms with Gasteiger partial charge in [-0.05, 0) is 13.0 Å². The third-order valence-corrected chi connectivity index (χ3v) is 6.70. The second kappa shape index (κ2) is 14.3. The monoisotopic (exact) mass is 561 g/mol. The van der Waals surface area contributed by atoms with E-state index in [4.69, 9.17) is 34.2 Å². The van der Waals surface area contributed by atoms with Crippen LogP contribution in [0, 0.1) is 0 Å². The normalized spacial score (nSPS) is 48.2. The molecule has 3 aliphatic heterocycles. The summed E-state index contributed by atoms with van der Waals surface area (Å²) in [6.07, 6.45) is -23.6. The van der Waals surface area contributed by atoms with Gasteiger partial charge in [0.2, 0.25) is 0 Å². The molecule has 17 nitrogen and oxygen atoms in total. The number of nitrogens with two attached hydrogens (primary N) is 1. The van der Waals surface area contributed by atoms with Crippen molar-refractivity contribution in [1.82, 2.24) is 0 Å². The van der Waals surface area contributed by atoms with E-state index in [2.05, 4.69) is 0 Å². The van der Waals surface area contributed by atoms with Crippen LogP contribution in [0.5, 0.6) is 0 Å². The Bertz CT molecular complexity index is 702. The molecule has 0 unspecified atom stereocenters. The second-order valence-corrected chi connectivity index (χ2v) is 9.33. The minimum Gasteiger partial charge on any atom is -0.394 e. The minimum atomic E-state index is -1.89. The molecule has 0 radical (unpaired) electrons. The fourth-order valence-corrected chi connectivity index (χ4v) is 4.46. The summed E-state index contributed by atoms with van der Waals surface area (Å²) in [5, 5.41) is 101. The Labute approximate surface area is 217 Å². The van der Waals surface area contributed by atoms with E-state index in [0.717, 1.165) is 0 Å². The average Bonchev–Trinajstić information content (AvgIpc) is 2.91. The number of rotatable bonds is 11. The van der Waals surface area contributed by atoms with Gasteiger partial charge in [0, 0.05) is 0 Å². The number of aliphatic hydroxyl groups excluding tert-OH is 10. The molecule has 0 amide bonds. The van der Waals surface area contributed by atoms with E-state index in [1.165, 1.54) is 0 Å². The van der Waals surface area contributed by atoms with Gasteiger partial charge in [-0.2, -0.15) is 0 Å². The van der Waals surface area contributed by atoms with Crippen LogP contribution in [0.1, 0.15) is 6.42 Å². The van der Waals surface area contributed by atoms with Crippen LogP contribution in [0.4, 0.5) is 0 Å². The van der Waals surface area contributed by atoms with Crippen molar-refractivity contribution >= 4 is 0 Å². The van der Waals surface area contributed by atoms with E-state index in [-0.39, 0.29) is 6.61 Å². The summed E-state index contributed by atoms with van der Waals surface area (Å²) in [5.74, 6) is 0. The molecular formula is C21H39NO16. The van der Waals surface area contributed by atoms with Gasteiger partial charge in [-0.25, -0.2) is 0 Å². The molecule has 17 heteroatoms. The SMILES string of the molecule is NCCCO[C@@H]1O[C@H](CO)[C@@H](O[C@@H]2O[C@H](CO)[C@H](O[C@H]3O[C@H](CO)[C@H](O)[C@H](O)[C@H]3O)[C@H](O)[C@H]2O)[C@H](O)[C@H]1O. The van der Waals surface area contributed by atoms with Crippen LogP contribution in [-0.4, -0.2) is 176 Å².